The third-order valence-electron chi connectivity index (χ3n) is 3.68. The third kappa shape index (κ3) is 3.84. The van der Waals surface area contributed by atoms with E-state index in [1.807, 2.05) is 37.3 Å². The van der Waals surface area contributed by atoms with Crippen molar-refractivity contribution in [2.45, 2.75) is 19.5 Å². The van der Waals surface area contributed by atoms with Crippen LogP contribution in [0.5, 0.6) is 0 Å². The molecule has 1 aromatic heterocycles. The number of nitrogens with zero attached hydrogens (tertiary/aromatic N) is 3. The lowest BCUT2D eigenvalue weighted by molar-refractivity contribution is 0.0934. The molecule has 3 rings (SSSR count). The fourth-order valence-corrected chi connectivity index (χ4v) is 2.36. The predicted molar refractivity (Wildman–Crippen MR) is 87.8 cm³/mol. The normalized spacial score (nSPS) is 11.9. The maximum absolute atomic E-state index is 13.0. The van der Waals surface area contributed by atoms with E-state index in [2.05, 4.69) is 15.6 Å². The van der Waals surface area contributed by atoms with Gasteiger partial charge in [-0.15, -0.1) is 5.10 Å². The second-order valence-electron chi connectivity index (χ2n) is 5.53. The van der Waals surface area contributed by atoms with E-state index in [4.69, 9.17) is 0 Å². The first kappa shape index (κ1) is 15.9. The molecule has 6 heteroatoms. The van der Waals surface area contributed by atoms with Crippen LogP contribution in [-0.4, -0.2) is 20.9 Å². The van der Waals surface area contributed by atoms with Crippen LogP contribution >= 0.6 is 0 Å². The van der Waals surface area contributed by atoms with Crippen molar-refractivity contribution in [2.75, 3.05) is 0 Å². The molecule has 0 spiro atoms. The van der Waals surface area contributed by atoms with Crippen molar-refractivity contribution >= 4 is 5.91 Å². The van der Waals surface area contributed by atoms with Crippen molar-refractivity contribution in [2.24, 2.45) is 0 Å². The predicted octanol–water partition coefficient (Wildman–Crippen LogP) is 2.96. The summed E-state index contributed by atoms with van der Waals surface area (Å²) in [4.78, 5) is 12.3. The Bertz CT molecular complexity index is 815. The van der Waals surface area contributed by atoms with Crippen LogP contribution in [0.25, 0.3) is 0 Å². The molecule has 0 radical (unpaired) electrons. The van der Waals surface area contributed by atoms with Crippen molar-refractivity contribution in [3.8, 4) is 0 Å². The van der Waals surface area contributed by atoms with Crippen LogP contribution in [0.3, 0.4) is 0 Å². The number of halogens is 1. The Hall–Kier alpha value is -3.02. The zero-order valence-electron chi connectivity index (χ0n) is 13.2. The lowest BCUT2D eigenvalue weighted by Crippen LogP contribution is -2.27. The molecule has 3 aromatic rings. The standard InChI is InChI=1S/C18H17FN4O/c1-13(15-7-9-16(19)10-8-15)20-18(24)17-12-23(22-21-17)11-14-5-3-2-4-6-14/h2-10,12-13H,11H2,1H3,(H,20,24)/t13-/m0/s1. The first-order valence-electron chi connectivity index (χ1n) is 7.62. The molecule has 1 amide bonds. The van der Waals surface area contributed by atoms with Gasteiger partial charge in [-0.1, -0.05) is 47.7 Å². The fourth-order valence-electron chi connectivity index (χ4n) is 2.36. The Balaban J connectivity index is 1.64. The SMILES string of the molecule is C[C@H](NC(=O)c1cn(Cc2ccccc2)nn1)c1ccc(F)cc1. The van der Waals surface area contributed by atoms with Gasteiger partial charge in [0.25, 0.3) is 5.91 Å². The number of hydrogen-bond acceptors (Lipinski definition) is 3. The molecule has 5 nitrogen and oxygen atoms in total. The van der Waals surface area contributed by atoms with Crippen LogP contribution in [0.2, 0.25) is 0 Å². The molecule has 0 saturated carbocycles. The average Bonchev–Trinajstić information content (AvgIpc) is 3.05. The Morgan fingerprint density at radius 1 is 1.17 bits per heavy atom. The van der Waals surface area contributed by atoms with Gasteiger partial charge in [-0.3, -0.25) is 4.79 Å². The summed E-state index contributed by atoms with van der Waals surface area (Å²) in [5.74, 6) is -0.618. The summed E-state index contributed by atoms with van der Waals surface area (Å²) in [5, 5.41) is 10.7. The lowest BCUT2D eigenvalue weighted by atomic mass is 10.1. The van der Waals surface area contributed by atoms with Gasteiger partial charge >= 0.3 is 0 Å². The highest BCUT2D eigenvalue weighted by Crippen LogP contribution is 2.13. The zero-order chi connectivity index (χ0) is 16.9. The van der Waals surface area contributed by atoms with Crippen LogP contribution < -0.4 is 5.32 Å². The number of amides is 1. The van der Waals surface area contributed by atoms with Gasteiger partial charge in [0.2, 0.25) is 0 Å². The second-order valence-corrected chi connectivity index (χ2v) is 5.53. The molecule has 1 atom stereocenters. The van der Waals surface area contributed by atoms with Gasteiger partial charge in [0, 0.05) is 0 Å². The highest BCUT2D eigenvalue weighted by Gasteiger charge is 2.15. The highest BCUT2D eigenvalue weighted by molar-refractivity contribution is 5.92. The Morgan fingerprint density at radius 2 is 1.88 bits per heavy atom. The smallest absolute Gasteiger partial charge is 0.273 e. The molecule has 0 aliphatic carbocycles. The molecule has 0 bridgehead atoms. The fraction of sp³-hybridized carbons (Fsp3) is 0.167. The van der Waals surface area contributed by atoms with Gasteiger partial charge < -0.3 is 5.32 Å². The van der Waals surface area contributed by atoms with Gasteiger partial charge in [0.1, 0.15) is 5.82 Å². The zero-order valence-corrected chi connectivity index (χ0v) is 13.2. The summed E-state index contributed by atoms with van der Waals surface area (Å²) < 4.78 is 14.6. The molecule has 0 aliphatic heterocycles. The largest absolute Gasteiger partial charge is 0.344 e. The molecule has 0 fully saturated rings. The van der Waals surface area contributed by atoms with E-state index in [0.29, 0.717) is 6.54 Å². The maximum atomic E-state index is 13.0. The van der Waals surface area contributed by atoms with Gasteiger partial charge in [-0.05, 0) is 30.2 Å². The van der Waals surface area contributed by atoms with Gasteiger partial charge in [0.15, 0.2) is 5.69 Å². The number of aromatic nitrogens is 3. The van der Waals surface area contributed by atoms with Crippen LogP contribution in [0.15, 0.2) is 60.8 Å². The van der Waals surface area contributed by atoms with Crippen molar-refractivity contribution in [1.29, 1.82) is 0 Å². The molecule has 24 heavy (non-hydrogen) atoms. The number of rotatable bonds is 5. The highest BCUT2D eigenvalue weighted by atomic mass is 19.1. The summed E-state index contributed by atoms with van der Waals surface area (Å²) in [7, 11) is 0. The minimum absolute atomic E-state index is 0.250. The minimum Gasteiger partial charge on any atom is -0.344 e. The number of carbonyl (C=O) groups excluding carboxylic acids is 1. The second kappa shape index (κ2) is 7.04. The molecular weight excluding hydrogens is 307 g/mol. The Kier molecular flexibility index (Phi) is 4.65. The first-order chi connectivity index (χ1) is 11.6. The summed E-state index contributed by atoms with van der Waals surface area (Å²) in [6, 6.07) is 15.6. The molecule has 1 heterocycles. The molecule has 2 aromatic carbocycles. The maximum Gasteiger partial charge on any atom is 0.273 e. The summed E-state index contributed by atoms with van der Waals surface area (Å²) in [6.07, 6.45) is 1.61. The van der Waals surface area contributed by atoms with E-state index >= 15 is 0 Å². The Labute approximate surface area is 139 Å². The van der Waals surface area contributed by atoms with Crippen LogP contribution in [0.4, 0.5) is 4.39 Å². The van der Waals surface area contributed by atoms with Gasteiger partial charge in [0.05, 0.1) is 18.8 Å². The van der Waals surface area contributed by atoms with E-state index in [1.54, 1.807) is 23.0 Å². The first-order valence-corrected chi connectivity index (χ1v) is 7.62. The van der Waals surface area contributed by atoms with Crippen LogP contribution in [0.1, 0.15) is 34.6 Å². The van der Waals surface area contributed by atoms with Gasteiger partial charge in [-0.2, -0.15) is 0 Å². The van der Waals surface area contributed by atoms with Crippen molar-refractivity contribution in [3.63, 3.8) is 0 Å². The molecular formula is C18H17FN4O. The van der Waals surface area contributed by atoms with E-state index in [0.717, 1.165) is 11.1 Å². The molecule has 1 N–H and O–H groups in total. The summed E-state index contributed by atoms with van der Waals surface area (Å²) in [5.41, 5.74) is 2.15. The van der Waals surface area contributed by atoms with Crippen LogP contribution in [-0.2, 0) is 6.54 Å². The summed E-state index contributed by atoms with van der Waals surface area (Å²) in [6.45, 7) is 2.38. The topological polar surface area (TPSA) is 59.8 Å². The molecule has 0 aliphatic rings. The number of benzene rings is 2. The van der Waals surface area contributed by atoms with Gasteiger partial charge in [-0.25, -0.2) is 9.07 Å². The minimum atomic E-state index is -0.314. The monoisotopic (exact) mass is 324 g/mol. The number of hydrogen-bond donors (Lipinski definition) is 1. The molecule has 0 unspecified atom stereocenters. The quantitative estimate of drug-likeness (QED) is 0.785. The van der Waals surface area contributed by atoms with E-state index in [1.165, 1.54) is 12.1 Å². The third-order valence-corrected chi connectivity index (χ3v) is 3.68. The number of nitrogens with one attached hydrogen (secondary N) is 1. The summed E-state index contributed by atoms with van der Waals surface area (Å²) >= 11 is 0. The lowest BCUT2D eigenvalue weighted by Gasteiger charge is -2.13. The van der Waals surface area contributed by atoms with Crippen molar-refractivity contribution in [3.05, 3.63) is 83.4 Å². The Morgan fingerprint density at radius 3 is 2.58 bits per heavy atom. The molecule has 0 saturated heterocycles. The molecule has 122 valence electrons. The average molecular weight is 324 g/mol. The number of carbonyl (C=O) groups is 1. The van der Waals surface area contributed by atoms with E-state index < -0.39 is 0 Å². The van der Waals surface area contributed by atoms with Crippen molar-refractivity contribution < 1.29 is 9.18 Å². The van der Waals surface area contributed by atoms with E-state index in [-0.39, 0.29) is 23.5 Å². The van der Waals surface area contributed by atoms with Crippen LogP contribution in [0, 0.1) is 5.82 Å². The van der Waals surface area contributed by atoms with Crippen molar-refractivity contribution in [1.82, 2.24) is 20.3 Å². The van der Waals surface area contributed by atoms with E-state index in [9.17, 15) is 9.18 Å².